The van der Waals surface area contributed by atoms with Crippen LogP contribution in [0.5, 0.6) is 0 Å². The Morgan fingerprint density at radius 2 is 1.71 bits per heavy atom. The fourth-order valence-electron chi connectivity index (χ4n) is 2.37. The quantitative estimate of drug-likeness (QED) is 0.903. The number of carbonyl (C=O) groups excluding carboxylic acids is 1. The van der Waals surface area contributed by atoms with Crippen molar-refractivity contribution in [2.24, 2.45) is 5.73 Å². The second-order valence-corrected chi connectivity index (χ2v) is 5.88. The summed E-state index contributed by atoms with van der Waals surface area (Å²) < 4.78 is 0. The number of carbonyl (C=O) groups is 1. The molecular weight excluding hydrogens is 284 g/mol. The molecule has 0 spiro atoms. The molecule has 4 heteroatoms. The summed E-state index contributed by atoms with van der Waals surface area (Å²) in [4.78, 5) is 12.1. The zero-order chi connectivity index (χ0) is 15.6. The molecule has 0 aliphatic carbocycles. The number of hydrogen-bond donors (Lipinski definition) is 2. The average molecular weight is 303 g/mol. The van der Waals surface area contributed by atoms with E-state index in [4.69, 9.17) is 17.3 Å². The molecule has 2 rings (SSSR count). The van der Waals surface area contributed by atoms with Crippen molar-refractivity contribution >= 4 is 23.2 Å². The van der Waals surface area contributed by atoms with Gasteiger partial charge in [0.25, 0.3) is 0 Å². The van der Waals surface area contributed by atoms with Crippen molar-refractivity contribution in [2.45, 2.75) is 26.3 Å². The molecule has 0 aromatic heterocycles. The maximum absolute atomic E-state index is 12.1. The number of hydrogen-bond acceptors (Lipinski definition) is 2. The highest BCUT2D eigenvalue weighted by molar-refractivity contribution is 6.33. The molecule has 0 heterocycles. The van der Waals surface area contributed by atoms with Gasteiger partial charge >= 0.3 is 0 Å². The van der Waals surface area contributed by atoms with E-state index in [1.807, 2.05) is 44.2 Å². The number of aryl methyl sites for hydroxylation is 2. The first kappa shape index (κ1) is 15.4. The lowest BCUT2D eigenvalue weighted by molar-refractivity contribution is -0.122. The minimum atomic E-state index is -1.03. The predicted molar refractivity (Wildman–Crippen MR) is 87.5 cm³/mol. The summed E-state index contributed by atoms with van der Waals surface area (Å²) in [6, 6.07) is 13.3. The molecule has 0 radical (unpaired) electrons. The molecule has 1 atom stereocenters. The molecule has 0 aliphatic rings. The highest BCUT2D eigenvalue weighted by Crippen LogP contribution is 2.31. The normalized spacial score (nSPS) is 13.5. The van der Waals surface area contributed by atoms with Gasteiger partial charge in [-0.25, -0.2) is 0 Å². The Hall–Kier alpha value is -2.00. The van der Waals surface area contributed by atoms with Gasteiger partial charge in [-0.05, 0) is 38.5 Å². The lowest BCUT2D eigenvalue weighted by Gasteiger charge is -2.30. The van der Waals surface area contributed by atoms with Crippen LogP contribution >= 0.6 is 11.6 Å². The average Bonchev–Trinajstić information content (AvgIpc) is 2.40. The number of nitrogens with two attached hydrogens (primary N) is 1. The Morgan fingerprint density at radius 1 is 1.14 bits per heavy atom. The van der Waals surface area contributed by atoms with Gasteiger partial charge in [-0.2, -0.15) is 0 Å². The van der Waals surface area contributed by atoms with Crippen molar-refractivity contribution in [2.75, 3.05) is 5.32 Å². The molecule has 0 bridgehead atoms. The maximum Gasteiger partial charge on any atom is 0.247 e. The molecule has 3 N–H and O–H groups in total. The van der Waals surface area contributed by atoms with Crippen molar-refractivity contribution < 1.29 is 4.79 Å². The predicted octanol–water partition coefficient (Wildman–Crippen LogP) is 3.77. The second-order valence-electron chi connectivity index (χ2n) is 5.47. The van der Waals surface area contributed by atoms with Gasteiger partial charge in [0.15, 0.2) is 0 Å². The zero-order valence-electron chi connectivity index (χ0n) is 12.4. The van der Waals surface area contributed by atoms with Crippen LogP contribution in [0.25, 0.3) is 0 Å². The van der Waals surface area contributed by atoms with E-state index >= 15 is 0 Å². The van der Waals surface area contributed by atoms with E-state index in [1.165, 1.54) is 0 Å². The number of nitrogens with one attached hydrogen (secondary N) is 1. The first-order chi connectivity index (χ1) is 9.83. The van der Waals surface area contributed by atoms with E-state index in [1.54, 1.807) is 13.0 Å². The number of primary amides is 1. The van der Waals surface area contributed by atoms with Gasteiger partial charge in [0.1, 0.15) is 5.54 Å². The summed E-state index contributed by atoms with van der Waals surface area (Å²) >= 11 is 6.17. The van der Waals surface area contributed by atoms with Crippen LogP contribution in [-0.2, 0) is 10.3 Å². The molecule has 0 saturated carbocycles. The standard InChI is InChI=1S/C17H19ClN2O/c1-11-8-12(2)10-13(9-11)17(3,16(19)21)20-15-7-5-4-6-14(15)18/h4-10,20H,1-3H3,(H2,19,21). The SMILES string of the molecule is Cc1cc(C)cc(C(C)(Nc2ccccc2Cl)C(N)=O)c1. The number of para-hydroxylation sites is 1. The van der Waals surface area contributed by atoms with E-state index in [0.29, 0.717) is 10.7 Å². The highest BCUT2D eigenvalue weighted by Gasteiger charge is 2.34. The Labute approximate surface area is 130 Å². The van der Waals surface area contributed by atoms with E-state index in [-0.39, 0.29) is 0 Å². The van der Waals surface area contributed by atoms with Crippen LogP contribution in [0.1, 0.15) is 23.6 Å². The molecule has 0 fully saturated rings. The summed E-state index contributed by atoms with van der Waals surface area (Å²) in [6.07, 6.45) is 0. The van der Waals surface area contributed by atoms with E-state index < -0.39 is 11.4 Å². The molecular formula is C17H19ClN2O. The zero-order valence-corrected chi connectivity index (χ0v) is 13.2. The Bertz CT molecular complexity index is 664. The Balaban J connectivity index is 2.50. The molecule has 21 heavy (non-hydrogen) atoms. The van der Waals surface area contributed by atoms with Gasteiger partial charge in [0.05, 0.1) is 10.7 Å². The molecule has 110 valence electrons. The fraction of sp³-hybridized carbons (Fsp3) is 0.235. The first-order valence-electron chi connectivity index (χ1n) is 6.74. The second kappa shape index (κ2) is 5.78. The Kier molecular flexibility index (Phi) is 4.24. The van der Waals surface area contributed by atoms with Gasteiger partial charge < -0.3 is 11.1 Å². The first-order valence-corrected chi connectivity index (χ1v) is 7.12. The lowest BCUT2D eigenvalue weighted by Crippen LogP contribution is -2.45. The van der Waals surface area contributed by atoms with Gasteiger partial charge in [-0.15, -0.1) is 0 Å². The van der Waals surface area contributed by atoms with Crippen molar-refractivity contribution in [1.82, 2.24) is 0 Å². The fourth-order valence-corrected chi connectivity index (χ4v) is 2.55. The minimum Gasteiger partial charge on any atom is -0.367 e. The van der Waals surface area contributed by atoms with Crippen LogP contribution in [0.15, 0.2) is 42.5 Å². The van der Waals surface area contributed by atoms with Gasteiger partial charge in [-0.1, -0.05) is 53.1 Å². The van der Waals surface area contributed by atoms with E-state index in [0.717, 1.165) is 16.7 Å². The van der Waals surface area contributed by atoms with Crippen LogP contribution in [0, 0.1) is 13.8 Å². The topological polar surface area (TPSA) is 55.1 Å². The third-order valence-corrected chi connectivity index (χ3v) is 3.88. The molecule has 0 saturated heterocycles. The number of amides is 1. The molecule has 0 aliphatic heterocycles. The van der Waals surface area contributed by atoms with Crippen molar-refractivity contribution in [3.8, 4) is 0 Å². The summed E-state index contributed by atoms with van der Waals surface area (Å²) in [7, 11) is 0. The van der Waals surface area contributed by atoms with Gasteiger partial charge in [0, 0.05) is 0 Å². The summed E-state index contributed by atoms with van der Waals surface area (Å²) in [5, 5.41) is 3.74. The summed E-state index contributed by atoms with van der Waals surface area (Å²) in [5.41, 5.74) is 8.30. The van der Waals surface area contributed by atoms with E-state index in [2.05, 4.69) is 11.4 Å². The van der Waals surface area contributed by atoms with Gasteiger partial charge in [-0.3, -0.25) is 4.79 Å². The number of halogens is 1. The van der Waals surface area contributed by atoms with Crippen molar-refractivity contribution in [3.05, 3.63) is 64.2 Å². The van der Waals surface area contributed by atoms with Crippen LogP contribution in [0.2, 0.25) is 5.02 Å². The van der Waals surface area contributed by atoms with Crippen LogP contribution in [0.3, 0.4) is 0 Å². The molecule has 2 aromatic rings. The van der Waals surface area contributed by atoms with Crippen LogP contribution < -0.4 is 11.1 Å². The highest BCUT2D eigenvalue weighted by atomic mass is 35.5. The molecule has 1 amide bonds. The van der Waals surface area contributed by atoms with Crippen molar-refractivity contribution in [1.29, 1.82) is 0 Å². The lowest BCUT2D eigenvalue weighted by atomic mass is 9.88. The number of rotatable bonds is 4. The molecule has 3 nitrogen and oxygen atoms in total. The maximum atomic E-state index is 12.1. The smallest absolute Gasteiger partial charge is 0.247 e. The van der Waals surface area contributed by atoms with Crippen LogP contribution in [-0.4, -0.2) is 5.91 Å². The largest absolute Gasteiger partial charge is 0.367 e. The minimum absolute atomic E-state index is 0.451. The monoisotopic (exact) mass is 302 g/mol. The van der Waals surface area contributed by atoms with Crippen LogP contribution in [0.4, 0.5) is 5.69 Å². The Morgan fingerprint density at radius 3 is 2.24 bits per heavy atom. The molecule has 2 aromatic carbocycles. The third kappa shape index (κ3) is 3.19. The van der Waals surface area contributed by atoms with E-state index in [9.17, 15) is 4.79 Å². The molecule has 1 unspecified atom stereocenters. The van der Waals surface area contributed by atoms with Crippen molar-refractivity contribution in [3.63, 3.8) is 0 Å². The summed E-state index contributed by atoms with van der Waals surface area (Å²) in [6.45, 7) is 5.76. The summed E-state index contributed by atoms with van der Waals surface area (Å²) in [5.74, 6) is -0.451. The third-order valence-electron chi connectivity index (χ3n) is 3.55. The van der Waals surface area contributed by atoms with Gasteiger partial charge in [0.2, 0.25) is 5.91 Å². The number of benzene rings is 2. The number of anilines is 1.